The van der Waals surface area contributed by atoms with Crippen molar-refractivity contribution in [2.24, 2.45) is 0 Å². The summed E-state index contributed by atoms with van der Waals surface area (Å²) in [6, 6.07) is 7.21. The lowest BCUT2D eigenvalue weighted by molar-refractivity contribution is -0.194. The predicted molar refractivity (Wildman–Crippen MR) is 81.2 cm³/mol. The number of carbonyl (C=O) groups excluding carboxylic acids is 1. The van der Waals surface area contributed by atoms with Crippen LogP contribution < -0.4 is 0 Å². The number of esters is 1. The molecule has 0 bridgehead atoms. The molecule has 0 fully saturated rings. The predicted octanol–water partition coefficient (Wildman–Crippen LogP) is 4.35. The maximum Gasteiger partial charge on any atom is 0.382 e. The zero-order valence-corrected chi connectivity index (χ0v) is 13.1. The third-order valence-electron chi connectivity index (χ3n) is 3.45. The normalized spacial score (nSPS) is 12.7. The Morgan fingerprint density at radius 1 is 1.13 bits per heavy atom. The quantitative estimate of drug-likeness (QED) is 0.512. The topological polar surface area (TPSA) is 63.6 Å². The number of hydrogen-bond acceptors (Lipinski definition) is 3. The molecule has 0 aliphatic carbocycles. The van der Waals surface area contributed by atoms with Crippen molar-refractivity contribution in [3.8, 4) is 0 Å². The molecule has 1 rings (SSSR count). The molecule has 1 N–H and O–H groups in total. The number of rotatable bonds is 10. The van der Waals surface area contributed by atoms with E-state index in [4.69, 9.17) is 9.84 Å². The third-order valence-corrected chi connectivity index (χ3v) is 3.45. The van der Waals surface area contributed by atoms with E-state index >= 15 is 0 Å². The second kappa shape index (κ2) is 9.22. The summed E-state index contributed by atoms with van der Waals surface area (Å²) in [5, 5.41) is 8.72. The fourth-order valence-corrected chi connectivity index (χ4v) is 2.15. The van der Waals surface area contributed by atoms with Gasteiger partial charge in [0, 0.05) is 6.42 Å². The minimum absolute atomic E-state index is 0.00273. The molecular weight excluding hydrogens is 306 g/mol. The van der Waals surface area contributed by atoms with E-state index in [1.54, 1.807) is 6.07 Å². The van der Waals surface area contributed by atoms with Crippen molar-refractivity contribution in [1.82, 2.24) is 0 Å². The van der Waals surface area contributed by atoms with Crippen LogP contribution >= 0.6 is 0 Å². The number of aliphatic carboxylic acids is 1. The maximum atomic E-state index is 13.9. The van der Waals surface area contributed by atoms with Crippen LogP contribution in [-0.2, 0) is 14.3 Å². The first-order valence-corrected chi connectivity index (χ1v) is 7.75. The van der Waals surface area contributed by atoms with Gasteiger partial charge in [0.2, 0.25) is 6.10 Å². The van der Waals surface area contributed by atoms with E-state index in [0.717, 1.165) is 25.7 Å². The lowest BCUT2D eigenvalue weighted by atomic mass is 10.0. The largest absolute Gasteiger partial charge is 0.477 e. The van der Waals surface area contributed by atoms with Gasteiger partial charge < -0.3 is 9.84 Å². The van der Waals surface area contributed by atoms with Crippen molar-refractivity contribution in [3.05, 3.63) is 35.9 Å². The fourth-order valence-electron chi connectivity index (χ4n) is 2.15. The van der Waals surface area contributed by atoms with E-state index in [2.05, 4.69) is 6.92 Å². The number of unbranched alkanes of at least 4 members (excludes halogenated alkanes) is 4. The SMILES string of the molecule is CCCCCCCC(=O)OC(c1ccccc1)C(F)(F)C(=O)O. The molecule has 1 aromatic rings. The van der Waals surface area contributed by atoms with Gasteiger partial charge in [-0.25, -0.2) is 4.79 Å². The highest BCUT2D eigenvalue weighted by Gasteiger charge is 2.51. The molecule has 0 heterocycles. The number of ether oxygens (including phenoxy) is 1. The maximum absolute atomic E-state index is 13.9. The summed E-state index contributed by atoms with van der Waals surface area (Å²) in [6.45, 7) is 2.06. The van der Waals surface area contributed by atoms with Gasteiger partial charge in [0.25, 0.3) is 0 Å². The van der Waals surface area contributed by atoms with Crippen LogP contribution in [0.2, 0.25) is 0 Å². The summed E-state index contributed by atoms with van der Waals surface area (Å²) in [5.74, 6) is -7.31. The number of carbonyl (C=O) groups is 2. The van der Waals surface area contributed by atoms with Crippen LogP contribution in [-0.4, -0.2) is 23.0 Å². The summed E-state index contributed by atoms with van der Waals surface area (Å²) in [5.41, 5.74) is -0.0424. The molecule has 0 aliphatic heterocycles. The highest BCUT2D eigenvalue weighted by molar-refractivity contribution is 5.78. The van der Waals surface area contributed by atoms with E-state index in [0.29, 0.717) is 6.42 Å². The Kier molecular flexibility index (Phi) is 7.65. The molecule has 0 aliphatic rings. The molecule has 0 aromatic heterocycles. The molecule has 4 nitrogen and oxygen atoms in total. The fraction of sp³-hybridized carbons (Fsp3) is 0.529. The van der Waals surface area contributed by atoms with Crippen LogP contribution in [0.1, 0.15) is 57.1 Å². The van der Waals surface area contributed by atoms with Crippen LogP contribution in [0, 0.1) is 0 Å². The molecule has 0 amide bonds. The van der Waals surface area contributed by atoms with Gasteiger partial charge in [-0.05, 0) is 12.0 Å². The lowest BCUT2D eigenvalue weighted by Gasteiger charge is -2.24. The van der Waals surface area contributed by atoms with Crippen molar-refractivity contribution in [2.75, 3.05) is 0 Å². The molecule has 0 saturated heterocycles. The Labute approximate surface area is 134 Å². The second-order valence-corrected chi connectivity index (χ2v) is 5.37. The lowest BCUT2D eigenvalue weighted by Crippen LogP contribution is -2.38. The number of halogens is 2. The average Bonchev–Trinajstić information content (AvgIpc) is 2.53. The summed E-state index contributed by atoms with van der Waals surface area (Å²) in [4.78, 5) is 22.6. The number of carboxylic acids is 1. The van der Waals surface area contributed by atoms with Crippen LogP contribution in [0.5, 0.6) is 0 Å². The minimum atomic E-state index is -4.18. The first-order valence-electron chi connectivity index (χ1n) is 7.75. The van der Waals surface area contributed by atoms with Crippen LogP contribution in [0.3, 0.4) is 0 Å². The van der Waals surface area contributed by atoms with Gasteiger partial charge in [-0.3, -0.25) is 4.79 Å². The summed E-state index contributed by atoms with van der Waals surface area (Å²) < 4.78 is 32.5. The number of carboxylic acid groups (broad SMARTS) is 1. The van der Waals surface area contributed by atoms with E-state index in [9.17, 15) is 18.4 Å². The van der Waals surface area contributed by atoms with E-state index < -0.39 is 24.0 Å². The van der Waals surface area contributed by atoms with Crippen molar-refractivity contribution in [3.63, 3.8) is 0 Å². The molecule has 0 saturated carbocycles. The molecule has 1 unspecified atom stereocenters. The molecule has 1 aromatic carbocycles. The van der Waals surface area contributed by atoms with Gasteiger partial charge >= 0.3 is 17.9 Å². The smallest absolute Gasteiger partial charge is 0.382 e. The molecule has 128 valence electrons. The molecular formula is C17H22F2O4. The molecule has 0 radical (unpaired) electrons. The Bertz CT molecular complexity index is 503. The monoisotopic (exact) mass is 328 g/mol. The first kappa shape index (κ1) is 19.1. The molecule has 23 heavy (non-hydrogen) atoms. The average molecular weight is 328 g/mol. The van der Waals surface area contributed by atoms with Crippen molar-refractivity contribution in [2.45, 2.75) is 57.5 Å². The van der Waals surface area contributed by atoms with Gasteiger partial charge in [0.1, 0.15) is 0 Å². The zero-order valence-electron chi connectivity index (χ0n) is 13.1. The van der Waals surface area contributed by atoms with Gasteiger partial charge in [-0.2, -0.15) is 8.78 Å². The second-order valence-electron chi connectivity index (χ2n) is 5.37. The number of hydrogen-bond donors (Lipinski definition) is 1. The third kappa shape index (κ3) is 5.96. The van der Waals surface area contributed by atoms with E-state index in [1.807, 2.05) is 0 Å². The van der Waals surface area contributed by atoms with Crippen molar-refractivity contribution < 1.29 is 28.2 Å². The summed E-state index contributed by atoms with van der Waals surface area (Å²) in [7, 11) is 0. The van der Waals surface area contributed by atoms with Crippen molar-refractivity contribution in [1.29, 1.82) is 0 Å². The standard InChI is InChI=1S/C17H22F2O4/c1-2-3-4-5-9-12-14(20)23-15(17(18,19)16(21)22)13-10-7-6-8-11-13/h6-8,10-11,15H,2-5,9,12H2,1H3,(H,21,22). The van der Waals surface area contributed by atoms with Gasteiger partial charge in [-0.1, -0.05) is 62.9 Å². The Hall–Kier alpha value is -1.98. The minimum Gasteiger partial charge on any atom is -0.477 e. The number of alkyl halides is 2. The van der Waals surface area contributed by atoms with Crippen LogP contribution in [0.25, 0.3) is 0 Å². The summed E-state index contributed by atoms with van der Waals surface area (Å²) >= 11 is 0. The molecule has 1 atom stereocenters. The highest BCUT2D eigenvalue weighted by atomic mass is 19.3. The van der Waals surface area contributed by atoms with Gasteiger partial charge in [0.15, 0.2) is 0 Å². The Morgan fingerprint density at radius 2 is 1.74 bits per heavy atom. The highest BCUT2D eigenvalue weighted by Crippen LogP contribution is 2.35. The summed E-state index contributed by atoms with van der Waals surface area (Å²) in [6.07, 6.45) is 2.32. The van der Waals surface area contributed by atoms with Crippen LogP contribution in [0.15, 0.2) is 30.3 Å². The van der Waals surface area contributed by atoms with E-state index in [-0.39, 0.29) is 12.0 Å². The van der Waals surface area contributed by atoms with E-state index in [1.165, 1.54) is 24.3 Å². The Morgan fingerprint density at radius 3 is 2.30 bits per heavy atom. The number of benzene rings is 1. The molecule has 0 spiro atoms. The first-order chi connectivity index (χ1) is 10.9. The Balaban J connectivity index is 2.71. The zero-order chi connectivity index (χ0) is 17.3. The van der Waals surface area contributed by atoms with Crippen molar-refractivity contribution >= 4 is 11.9 Å². The molecule has 6 heteroatoms. The van der Waals surface area contributed by atoms with Crippen LogP contribution in [0.4, 0.5) is 8.78 Å². The van der Waals surface area contributed by atoms with Gasteiger partial charge in [0.05, 0.1) is 0 Å². The van der Waals surface area contributed by atoms with Gasteiger partial charge in [-0.15, -0.1) is 0 Å².